The molecule has 1 fully saturated rings. The number of anilines is 2. The normalized spacial score (nSPS) is 14.4. The number of benzene rings is 1. The molecular formula is C22H19N5OS. The molecule has 29 heavy (non-hydrogen) atoms. The van der Waals surface area contributed by atoms with Crippen LogP contribution in [0.2, 0.25) is 0 Å². The Kier molecular flexibility index (Phi) is 4.61. The quantitative estimate of drug-likeness (QED) is 0.561. The maximum Gasteiger partial charge on any atom is 0.163 e. The highest BCUT2D eigenvalue weighted by molar-refractivity contribution is 7.22. The van der Waals surface area contributed by atoms with E-state index in [0.29, 0.717) is 24.9 Å². The van der Waals surface area contributed by atoms with Crippen molar-refractivity contribution in [1.82, 2.24) is 15.0 Å². The van der Waals surface area contributed by atoms with Crippen LogP contribution in [0, 0.1) is 6.92 Å². The van der Waals surface area contributed by atoms with Crippen molar-refractivity contribution in [2.75, 3.05) is 36.9 Å². The number of nitrogens with two attached hydrogens (primary N) is 1. The first-order chi connectivity index (χ1) is 14.2. The summed E-state index contributed by atoms with van der Waals surface area (Å²) in [4.78, 5) is 17.3. The highest BCUT2D eigenvalue weighted by Crippen LogP contribution is 2.38. The molecule has 2 N–H and O–H groups in total. The highest BCUT2D eigenvalue weighted by Gasteiger charge is 2.20. The van der Waals surface area contributed by atoms with Crippen LogP contribution < -0.4 is 10.6 Å². The summed E-state index contributed by atoms with van der Waals surface area (Å²) in [6.45, 7) is 8.85. The van der Waals surface area contributed by atoms with Gasteiger partial charge in [0.15, 0.2) is 11.6 Å². The summed E-state index contributed by atoms with van der Waals surface area (Å²) in [5, 5.41) is 0. The number of thiophene rings is 1. The van der Waals surface area contributed by atoms with Gasteiger partial charge in [0.25, 0.3) is 0 Å². The van der Waals surface area contributed by atoms with E-state index in [1.165, 1.54) is 0 Å². The first-order valence-corrected chi connectivity index (χ1v) is 10.2. The van der Waals surface area contributed by atoms with Gasteiger partial charge >= 0.3 is 0 Å². The van der Waals surface area contributed by atoms with Gasteiger partial charge in [0.1, 0.15) is 5.82 Å². The molecule has 2 radical (unpaired) electrons. The number of nitrogens with zero attached hydrogens (tertiary/aromatic N) is 4. The van der Waals surface area contributed by atoms with Crippen LogP contribution in [0.4, 0.5) is 11.6 Å². The Morgan fingerprint density at radius 1 is 1.00 bits per heavy atom. The lowest BCUT2D eigenvalue weighted by Gasteiger charge is -2.28. The fourth-order valence-corrected chi connectivity index (χ4v) is 4.48. The number of nitrogen functional groups attached to an aromatic ring is 1. The van der Waals surface area contributed by atoms with Crippen LogP contribution in [0.15, 0.2) is 48.7 Å². The van der Waals surface area contributed by atoms with Crippen LogP contribution in [0.5, 0.6) is 0 Å². The average molecular weight is 401 g/mol. The molecule has 4 aromatic rings. The number of hydrogen-bond donors (Lipinski definition) is 1. The summed E-state index contributed by atoms with van der Waals surface area (Å²) in [5.74, 6) is 2.06. The second-order valence-corrected chi connectivity index (χ2v) is 7.94. The molecule has 0 spiro atoms. The fourth-order valence-electron chi connectivity index (χ4n) is 3.36. The average Bonchev–Trinajstić information content (AvgIpc) is 3.19. The molecule has 5 rings (SSSR count). The summed E-state index contributed by atoms with van der Waals surface area (Å²) in [6.07, 6.45) is 1.72. The van der Waals surface area contributed by atoms with Crippen LogP contribution in [0.3, 0.4) is 0 Å². The van der Waals surface area contributed by atoms with Gasteiger partial charge < -0.3 is 15.4 Å². The van der Waals surface area contributed by atoms with Gasteiger partial charge in [-0.2, -0.15) is 0 Å². The maximum atomic E-state index is 5.84. The lowest BCUT2D eigenvalue weighted by molar-refractivity contribution is 0.122. The molecule has 7 heteroatoms. The first-order valence-electron chi connectivity index (χ1n) is 9.39. The number of ether oxygens (including phenoxy) is 1. The molecule has 0 amide bonds. The number of pyridine rings is 1. The number of hydrogen-bond acceptors (Lipinski definition) is 7. The summed E-state index contributed by atoms with van der Waals surface area (Å²) < 4.78 is 6.60. The van der Waals surface area contributed by atoms with E-state index >= 15 is 0 Å². The van der Waals surface area contributed by atoms with E-state index in [4.69, 9.17) is 27.4 Å². The molecule has 0 bridgehead atoms. The second-order valence-electron chi connectivity index (χ2n) is 6.89. The molecule has 0 saturated carbocycles. The third kappa shape index (κ3) is 3.54. The molecule has 0 atom stereocenters. The molecule has 1 aromatic carbocycles. The summed E-state index contributed by atoms with van der Waals surface area (Å²) in [7, 11) is 0. The topological polar surface area (TPSA) is 77.2 Å². The van der Waals surface area contributed by atoms with Crippen molar-refractivity contribution in [1.29, 1.82) is 0 Å². The Hall–Kier alpha value is -3.03. The molecule has 0 unspecified atom stereocenters. The van der Waals surface area contributed by atoms with Gasteiger partial charge in [0.05, 0.1) is 23.4 Å². The van der Waals surface area contributed by atoms with Crippen molar-refractivity contribution in [3.63, 3.8) is 0 Å². The van der Waals surface area contributed by atoms with Gasteiger partial charge in [-0.1, -0.05) is 24.3 Å². The number of aromatic nitrogens is 3. The molecule has 3 aromatic heterocycles. The Labute approximate surface area is 173 Å². The molecule has 1 saturated heterocycles. The van der Waals surface area contributed by atoms with Gasteiger partial charge in [-0.25, -0.2) is 15.0 Å². The monoisotopic (exact) mass is 401 g/mol. The fraction of sp³-hybridized carbons (Fsp3) is 0.182. The first kappa shape index (κ1) is 18.0. The molecular weight excluding hydrogens is 382 g/mol. The summed E-state index contributed by atoms with van der Waals surface area (Å²) in [5.41, 5.74) is 9.37. The smallest absolute Gasteiger partial charge is 0.163 e. The molecule has 144 valence electrons. The van der Waals surface area contributed by atoms with Gasteiger partial charge in [-0.15, -0.1) is 11.3 Å². The van der Waals surface area contributed by atoms with E-state index in [1.54, 1.807) is 23.6 Å². The minimum Gasteiger partial charge on any atom is -0.384 e. The predicted molar refractivity (Wildman–Crippen MR) is 117 cm³/mol. The third-order valence-corrected chi connectivity index (χ3v) is 6.07. The minimum atomic E-state index is 0.476. The van der Waals surface area contributed by atoms with E-state index < -0.39 is 0 Å². The van der Waals surface area contributed by atoms with Gasteiger partial charge in [-0.05, 0) is 36.2 Å². The Balaban J connectivity index is 1.67. The second kappa shape index (κ2) is 7.42. The SMILES string of the molecule is [CH]c1ccc(-c2cc3nc(-c4ccc(N)nc4)nc(N4CCOCC4)c3s2)cc1. The number of fused-ring (bicyclic) bond motifs is 1. The van der Waals surface area contributed by atoms with E-state index in [1.807, 2.05) is 30.3 Å². The number of rotatable bonds is 3. The van der Waals surface area contributed by atoms with Gasteiger partial charge in [0.2, 0.25) is 0 Å². The van der Waals surface area contributed by atoms with Crippen LogP contribution in [-0.2, 0) is 4.74 Å². The summed E-state index contributed by atoms with van der Waals surface area (Å²) >= 11 is 1.70. The van der Waals surface area contributed by atoms with Crippen molar-refractivity contribution >= 4 is 33.2 Å². The molecule has 6 nitrogen and oxygen atoms in total. The van der Waals surface area contributed by atoms with Crippen molar-refractivity contribution in [2.24, 2.45) is 0 Å². The van der Waals surface area contributed by atoms with Gasteiger partial charge in [0, 0.05) is 29.7 Å². The van der Waals surface area contributed by atoms with Crippen LogP contribution in [0.25, 0.3) is 32.0 Å². The zero-order chi connectivity index (χ0) is 19.8. The number of morpholine rings is 1. The zero-order valence-corrected chi connectivity index (χ0v) is 16.5. The standard InChI is InChI=1S/C22H19N5OS/c1-14-2-4-15(5-3-14)18-12-17-20(29-18)22(27-8-10-28-11-9-27)26-21(25-17)16-6-7-19(23)24-13-16/h1-7,12-13H,8-11H2,(H2,23,24). The minimum absolute atomic E-state index is 0.476. The van der Waals surface area contributed by atoms with Crippen LogP contribution >= 0.6 is 11.3 Å². The molecule has 4 heterocycles. The predicted octanol–water partition coefficient (Wildman–Crippen LogP) is 3.90. The summed E-state index contributed by atoms with van der Waals surface area (Å²) in [6, 6.07) is 13.7. The van der Waals surface area contributed by atoms with Crippen molar-refractivity contribution in [3.8, 4) is 21.8 Å². The highest BCUT2D eigenvalue weighted by atomic mass is 32.1. The van der Waals surface area contributed by atoms with E-state index in [0.717, 1.165) is 50.7 Å². The molecule has 1 aliphatic heterocycles. The Bertz CT molecular complexity index is 1150. The molecule has 1 aliphatic rings. The lowest BCUT2D eigenvalue weighted by atomic mass is 10.1. The lowest BCUT2D eigenvalue weighted by Crippen LogP contribution is -2.36. The van der Waals surface area contributed by atoms with Crippen molar-refractivity contribution in [2.45, 2.75) is 0 Å². The maximum absolute atomic E-state index is 5.84. The largest absolute Gasteiger partial charge is 0.384 e. The molecule has 0 aliphatic carbocycles. The Morgan fingerprint density at radius 2 is 1.76 bits per heavy atom. The van der Waals surface area contributed by atoms with Gasteiger partial charge in [-0.3, -0.25) is 0 Å². The van der Waals surface area contributed by atoms with E-state index in [2.05, 4.69) is 16.0 Å². The third-order valence-electron chi connectivity index (χ3n) is 4.90. The van der Waals surface area contributed by atoms with E-state index in [9.17, 15) is 0 Å². The van der Waals surface area contributed by atoms with E-state index in [-0.39, 0.29) is 0 Å². The van der Waals surface area contributed by atoms with Crippen molar-refractivity contribution < 1.29 is 4.74 Å². The van der Waals surface area contributed by atoms with Crippen LogP contribution in [0.1, 0.15) is 5.56 Å². The van der Waals surface area contributed by atoms with Crippen LogP contribution in [-0.4, -0.2) is 41.3 Å². The Morgan fingerprint density at radius 3 is 2.48 bits per heavy atom. The van der Waals surface area contributed by atoms with Crippen molar-refractivity contribution in [3.05, 3.63) is 61.1 Å². The zero-order valence-electron chi connectivity index (χ0n) is 15.7.